The maximum Gasteiger partial charge on any atom is 0.234 e. The van der Waals surface area contributed by atoms with Crippen LogP contribution in [0.25, 0.3) is 5.69 Å². The summed E-state index contributed by atoms with van der Waals surface area (Å²) < 4.78 is 31.6. The highest BCUT2D eigenvalue weighted by molar-refractivity contribution is 5.78. The Morgan fingerprint density at radius 2 is 1.76 bits per heavy atom. The van der Waals surface area contributed by atoms with Gasteiger partial charge in [0, 0.05) is 37.7 Å². The smallest absolute Gasteiger partial charge is 0.234 e. The van der Waals surface area contributed by atoms with Gasteiger partial charge in [-0.2, -0.15) is 0 Å². The second kappa shape index (κ2) is 12.2. The Kier molecular flexibility index (Phi) is 8.15. The predicted molar refractivity (Wildman–Crippen MR) is 140 cm³/mol. The fourth-order valence-corrected chi connectivity index (χ4v) is 4.14. The van der Waals surface area contributed by atoms with Gasteiger partial charge in [0.05, 0.1) is 12.9 Å². The second-order valence-corrected chi connectivity index (χ2v) is 8.94. The number of alkyl halides is 1. The van der Waals surface area contributed by atoms with Crippen LogP contribution in [0.15, 0.2) is 85.5 Å². The van der Waals surface area contributed by atoms with E-state index in [1.54, 1.807) is 24.7 Å². The highest BCUT2D eigenvalue weighted by Crippen LogP contribution is 2.32. The molecule has 0 unspecified atom stereocenters. The number of fused-ring (bicyclic) bond motifs is 1. The van der Waals surface area contributed by atoms with Crippen LogP contribution in [0.1, 0.15) is 16.7 Å². The number of nitrogens with zero attached hydrogens (tertiary/aromatic N) is 3. The van der Waals surface area contributed by atoms with Crippen LogP contribution in [0.3, 0.4) is 0 Å². The number of ether oxygens (including phenoxy) is 3. The molecule has 0 spiro atoms. The van der Waals surface area contributed by atoms with Crippen molar-refractivity contribution < 1.29 is 23.4 Å². The van der Waals surface area contributed by atoms with E-state index in [-0.39, 0.29) is 19.2 Å². The Labute approximate surface area is 220 Å². The molecule has 0 atom stereocenters. The van der Waals surface area contributed by atoms with E-state index >= 15 is 0 Å². The SMILES string of the molecule is O=C(CN(CCOc1ccc(-n2ccnc2)cc1)Cc1ccc2c(c1)OCO2)NCc1ccc(CF)cc1. The maximum absolute atomic E-state index is 12.8. The third kappa shape index (κ3) is 6.68. The summed E-state index contributed by atoms with van der Waals surface area (Å²) in [6.07, 6.45) is 5.36. The zero-order valence-electron chi connectivity index (χ0n) is 20.9. The van der Waals surface area contributed by atoms with E-state index in [1.807, 2.05) is 70.3 Å². The summed E-state index contributed by atoms with van der Waals surface area (Å²) >= 11 is 0. The van der Waals surface area contributed by atoms with E-state index in [4.69, 9.17) is 14.2 Å². The van der Waals surface area contributed by atoms with Crippen molar-refractivity contribution in [1.82, 2.24) is 19.8 Å². The molecule has 1 aliphatic heterocycles. The molecular formula is C29H29FN4O4. The Morgan fingerprint density at radius 1 is 1.00 bits per heavy atom. The largest absolute Gasteiger partial charge is 0.492 e. The van der Waals surface area contributed by atoms with Gasteiger partial charge in [-0.1, -0.05) is 30.3 Å². The van der Waals surface area contributed by atoms with Crippen molar-refractivity contribution in [3.8, 4) is 22.9 Å². The van der Waals surface area contributed by atoms with Crippen molar-refractivity contribution in [3.05, 3.63) is 102 Å². The standard InChI is InChI=1S/C29H29FN4O4/c30-16-22-1-3-23(4-2-22)17-32-29(35)19-33(18-24-5-10-27-28(15-24)38-21-37-27)13-14-36-26-8-6-25(7-9-26)34-12-11-31-20-34/h1-12,15,20H,13-14,16-19,21H2,(H,32,35). The molecule has 0 saturated heterocycles. The number of halogens is 1. The van der Waals surface area contributed by atoms with Gasteiger partial charge in [0.25, 0.3) is 0 Å². The van der Waals surface area contributed by atoms with Gasteiger partial charge < -0.3 is 24.1 Å². The van der Waals surface area contributed by atoms with Crippen LogP contribution >= 0.6 is 0 Å². The highest BCUT2D eigenvalue weighted by Gasteiger charge is 2.16. The maximum atomic E-state index is 12.8. The van der Waals surface area contributed by atoms with Crippen molar-refractivity contribution in [3.63, 3.8) is 0 Å². The van der Waals surface area contributed by atoms with E-state index in [0.29, 0.717) is 37.6 Å². The molecular weight excluding hydrogens is 487 g/mol. The minimum Gasteiger partial charge on any atom is -0.492 e. The van der Waals surface area contributed by atoms with Crippen LogP contribution in [-0.4, -0.2) is 46.8 Å². The topological polar surface area (TPSA) is 77.9 Å². The molecule has 0 bridgehead atoms. The van der Waals surface area contributed by atoms with Crippen LogP contribution in [0, 0.1) is 0 Å². The highest BCUT2D eigenvalue weighted by atomic mass is 19.1. The van der Waals surface area contributed by atoms with Crippen LogP contribution in [0.4, 0.5) is 4.39 Å². The van der Waals surface area contributed by atoms with Crippen LogP contribution in [0.5, 0.6) is 17.2 Å². The first-order valence-electron chi connectivity index (χ1n) is 12.4. The fraction of sp³-hybridized carbons (Fsp3) is 0.241. The van der Waals surface area contributed by atoms with E-state index in [9.17, 15) is 9.18 Å². The van der Waals surface area contributed by atoms with Gasteiger partial charge in [-0.15, -0.1) is 0 Å². The van der Waals surface area contributed by atoms with Crippen molar-refractivity contribution in [2.45, 2.75) is 19.8 Å². The summed E-state index contributed by atoms with van der Waals surface area (Å²) in [4.78, 5) is 18.9. The Hall–Kier alpha value is -4.37. The molecule has 4 aromatic rings. The zero-order chi connectivity index (χ0) is 26.2. The molecule has 1 aromatic heterocycles. The number of hydrogen-bond donors (Lipinski definition) is 1. The number of carbonyl (C=O) groups is 1. The Bertz CT molecular complexity index is 1330. The fourth-order valence-electron chi connectivity index (χ4n) is 4.14. The van der Waals surface area contributed by atoms with Crippen molar-refractivity contribution in [2.24, 2.45) is 0 Å². The van der Waals surface area contributed by atoms with Gasteiger partial charge in [-0.05, 0) is 53.1 Å². The Morgan fingerprint density at radius 3 is 2.53 bits per heavy atom. The van der Waals surface area contributed by atoms with Crippen molar-refractivity contribution in [1.29, 1.82) is 0 Å². The molecule has 1 amide bonds. The van der Waals surface area contributed by atoms with Gasteiger partial charge in [-0.3, -0.25) is 9.69 Å². The minimum absolute atomic E-state index is 0.106. The first-order chi connectivity index (χ1) is 18.7. The van der Waals surface area contributed by atoms with Crippen molar-refractivity contribution >= 4 is 5.91 Å². The molecule has 0 radical (unpaired) electrons. The minimum atomic E-state index is -0.502. The summed E-state index contributed by atoms with van der Waals surface area (Å²) in [6, 6.07) is 20.7. The first-order valence-corrected chi connectivity index (χ1v) is 12.4. The molecule has 0 aliphatic carbocycles. The normalized spacial score (nSPS) is 12.1. The second-order valence-electron chi connectivity index (χ2n) is 8.94. The number of nitrogens with one attached hydrogen (secondary N) is 1. The van der Waals surface area contributed by atoms with Crippen molar-refractivity contribution in [2.75, 3.05) is 26.5 Å². The number of amides is 1. The molecule has 3 aromatic carbocycles. The molecule has 2 heterocycles. The van der Waals surface area contributed by atoms with Gasteiger partial charge in [0.1, 0.15) is 19.0 Å². The average molecular weight is 517 g/mol. The lowest BCUT2D eigenvalue weighted by Gasteiger charge is -2.22. The average Bonchev–Trinajstić information content (AvgIpc) is 3.65. The lowest BCUT2D eigenvalue weighted by molar-refractivity contribution is -0.122. The molecule has 1 N–H and O–H groups in total. The molecule has 0 saturated carbocycles. The third-order valence-electron chi connectivity index (χ3n) is 6.19. The van der Waals surface area contributed by atoms with Gasteiger partial charge >= 0.3 is 0 Å². The van der Waals surface area contributed by atoms with Gasteiger partial charge in [-0.25, -0.2) is 9.37 Å². The summed E-state index contributed by atoms with van der Waals surface area (Å²) in [6.45, 7) is 1.77. The summed E-state index contributed by atoms with van der Waals surface area (Å²) in [7, 11) is 0. The van der Waals surface area contributed by atoms with E-state index < -0.39 is 6.67 Å². The number of carbonyl (C=O) groups excluding carboxylic acids is 1. The molecule has 196 valence electrons. The molecule has 8 nitrogen and oxygen atoms in total. The van der Waals surface area contributed by atoms with Crippen LogP contribution < -0.4 is 19.5 Å². The van der Waals surface area contributed by atoms with E-state index in [2.05, 4.69) is 10.3 Å². The van der Waals surface area contributed by atoms with Gasteiger partial charge in [0.15, 0.2) is 11.5 Å². The first kappa shape index (κ1) is 25.3. The number of benzene rings is 3. The molecule has 0 fully saturated rings. The summed E-state index contributed by atoms with van der Waals surface area (Å²) in [5.41, 5.74) is 3.54. The molecule has 38 heavy (non-hydrogen) atoms. The van der Waals surface area contributed by atoms with E-state index in [1.165, 1.54) is 0 Å². The molecule has 9 heteroatoms. The van der Waals surface area contributed by atoms with Crippen LogP contribution in [0.2, 0.25) is 0 Å². The zero-order valence-corrected chi connectivity index (χ0v) is 20.9. The Balaban J connectivity index is 1.18. The van der Waals surface area contributed by atoms with Gasteiger partial charge in [0.2, 0.25) is 12.7 Å². The summed E-state index contributed by atoms with van der Waals surface area (Å²) in [5.74, 6) is 2.07. The number of aromatic nitrogens is 2. The quantitative estimate of drug-likeness (QED) is 0.303. The van der Waals surface area contributed by atoms with E-state index in [0.717, 1.165) is 28.3 Å². The summed E-state index contributed by atoms with van der Waals surface area (Å²) in [5, 5.41) is 2.95. The third-order valence-corrected chi connectivity index (χ3v) is 6.19. The molecule has 5 rings (SSSR count). The number of imidazole rings is 1. The monoisotopic (exact) mass is 516 g/mol. The number of rotatable bonds is 12. The lowest BCUT2D eigenvalue weighted by atomic mass is 10.1. The molecule has 1 aliphatic rings. The number of hydrogen-bond acceptors (Lipinski definition) is 6. The van der Waals surface area contributed by atoms with Crippen LogP contribution in [-0.2, 0) is 24.6 Å². The predicted octanol–water partition coefficient (Wildman–Crippen LogP) is 4.27. The lowest BCUT2D eigenvalue weighted by Crippen LogP contribution is -2.38.